The lowest BCUT2D eigenvalue weighted by molar-refractivity contribution is -0.160. The topological polar surface area (TPSA) is 21.3 Å². The zero-order chi connectivity index (χ0) is 10.6. The lowest BCUT2D eigenvalue weighted by atomic mass is 10.3. The van der Waals surface area contributed by atoms with E-state index in [2.05, 4.69) is 9.46 Å². The summed E-state index contributed by atoms with van der Waals surface area (Å²) in [5.41, 5.74) is 0. The van der Waals surface area contributed by atoms with Crippen molar-refractivity contribution in [2.24, 2.45) is 0 Å². The molecule has 0 aromatic heterocycles. The van der Waals surface area contributed by atoms with E-state index in [0.29, 0.717) is 11.8 Å². The second-order valence-electron chi connectivity index (χ2n) is 2.66. The second kappa shape index (κ2) is 4.61. The first kappa shape index (κ1) is 11.3. The highest BCUT2D eigenvalue weighted by molar-refractivity contribution is 7.97. The molecule has 1 rings (SSSR count). The van der Waals surface area contributed by atoms with Crippen molar-refractivity contribution >= 4 is 11.9 Å². The first-order valence-corrected chi connectivity index (χ1v) is 4.84. The third-order valence-corrected chi connectivity index (χ3v) is 2.11. The number of hydrogen-bond donors (Lipinski definition) is 1. The van der Waals surface area contributed by atoms with Gasteiger partial charge in [0.1, 0.15) is 5.75 Å². The number of alkyl halides is 2. The van der Waals surface area contributed by atoms with Gasteiger partial charge in [0.05, 0.1) is 4.90 Å². The largest absolute Gasteiger partial charge is 0.432 e. The Balaban J connectivity index is 2.84. The molecule has 0 spiro atoms. The molecular formula is C9H11F2NOS. The number of hydrogen-bond acceptors (Lipinski definition) is 3. The van der Waals surface area contributed by atoms with Crippen LogP contribution in [0.25, 0.3) is 0 Å². The number of benzene rings is 1. The second-order valence-corrected chi connectivity index (χ2v) is 3.72. The van der Waals surface area contributed by atoms with E-state index in [1.165, 1.54) is 18.0 Å². The Morgan fingerprint density at radius 2 is 2.00 bits per heavy atom. The Kier molecular flexibility index (Phi) is 3.71. The standard InChI is InChI=1S/C9H11F2NOS/c1-9(10,11)13-7-5-3-4-6-8(7)14-12-2/h3-6,12H,1-2H3. The molecule has 1 aromatic rings. The molecular weight excluding hydrogens is 208 g/mol. The van der Waals surface area contributed by atoms with Gasteiger partial charge in [-0.05, 0) is 31.1 Å². The predicted molar refractivity (Wildman–Crippen MR) is 52.6 cm³/mol. The normalized spacial score (nSPS) is 11.4. The molecule has 0 fully saturated rings. The molecule has 1 aromatic carbocycles. The van der Waals surface area contributed by atoms with Crippen LogP contribution in [0.15, 0.2) is 29.2 Å². The van der Waals surface area contributed by atoms with Crippen LogP contribution in [0.2, 0.25) is 0 Å². The lowest BCUT2D eigenvalue weighted by Gasteiger charge is -2.15. The minimum Gasteiger partial charge on any atom is -0.432 e. The first-order valence-electron chi connectivity index (χ1n) is 4.02. The van der Waals surface area contributed by atoms with Gasteiger partial charge in [-0.3, -0.25) is 4.72 Å². The van der Waals surface area contributed by atoms with Crippen molar-refractivity contribution in [3.8, 4) is 5.75 Å². The molecule has 5 heteroatoms. The van der Waals surface area contributed by atoms with Gasteiger partial charge in [0.25, 0.3) is 0 Å². The third-order valence-electron chi connectivity index (χ3n) is 1.35. The van der Waals surface area contributed by atoms with E-state index < -0.39 is 6.11 Å². The Morgan fingerprint density at radius 3 is 2.57 bits per heavy atom. The molecule has 0 saturated heterocycles. The monoisotopic (exact) mass is 219 g/mol. The van der Waals surface area contributed by atoms with Crippen LogP contribution in [-0.2, 0) is 0 Å². The SMILES string of the molecule is CNSc1ccccc1OC(C)(F)F. The maximum absolute atomic E-state index is 12.6. The molecule has 0 aliphatic rings. The molecule has 78 valence electrons. The van der Waals surface area contributed by atoms with Crippen LogP contribution >= 0.6 is 11.9 Å². The van der Waals surface area contributed by atoms with Crippen LogP contribution in [0.1, 0.15) is 6.92 Å². The van der Waals surface area contributed by atoms with Crippen molar-refractivity contribution in [3.05, 3.63) is 24.3 Å². The summed E-state index contributed by atoms with van der Waals surface area (Å²) in [6, 6.07) is 6.64. The molecule has 0 aliphatic carbocycles. The summed E-state index contributed by atoms with van der Waals surface area (Å²) in [5.74, 6) is 0.180. The maximum Gasteiger partial charge on any atom is 0.394 e. The number of nitrogens with one attached hydrogen (secondary N) is 1. The van der Waals surface area contributed by atoms with Crippen LogP contribution < -0.4 is 9.46 Å². The maximum atomic E-state index is 12.6. The van der Waals surface area contributed by atoms with Gasteiger partial charge < -0.3 is 4.74 Å². The predicted octanol–water partition coefficient (Wildman–Crippen LogP) is 2.90. The molecule has 0 amide bonds. The van der Waals surface area contributed by atoms with Crippen molar-refractivity contribution in [3.63, 3.8) is 0 Å². The van der Waals surface area contributed by atoms with Gasteiger partial charge in [-0.15, -0.1) is 0 Å². The van der Waals surface area contributed by atoms with Gasteiger partial charge in [0, 0.05) is 6.92 Å². The van der Waals surface area contributed by atoms with Gasteiger partial charge in [0.2, 0.25) is 0 Å². The first-order chi connectivity index (χ1) is 6.53. The van der Waals surface area contributed by atoms with Crippen molar-refractivity contribution in [2.45, 2.75) is 17.9 Å². The highest BCUT2D eigenvalue weighted by Crippen LogP contribution is 2.30. The molecule has 1 N–H and O–H groups in total. The summed E-state index contributed by atoms with van der Waals surface area (Å²) in [4.78, 5) is 0.636. The fourth-order valence-electron chi connectivity index (χ4n) is 0.922. The molecule has 0 unspecified atom stereocenters. The molecule has 0 aliphatic heterocycles. The van der Waals surface area contributed by atoms with Crippen molar-refractivity contribution in [1.29, 1.82) is 0 Å². The Morgan fingerprint density at radius 1 is 1.36 bits per heavy atom. The van der Waals surface area contributed by atoms with Crippen LogP contribution in [0.3, 0.4) is 0 Å². The van der Waals surface area contributed by atoms with E-state index in [1.54, 1.807) is 25.2 Å². The zero-order valence-corrected chi connectivity index (χ0v) is 8.70. The molecule has 2 nitrogen and oxygen atoms in total. The van der Waals surface area contributed by atoms with E-state index in [9.17, 15) is 8.78 Å². The van der Waals surface area contributed by atoms with Crippen LogP contribution in [-0.4, -0.2) is 13.2 Å². The molecule has 0 radical (unpaired) electrons. The molecule has 0 bridgehead atoms. The zero-order valence-electron chi connectivity index (χ0n) is 7.88. The van der Waals surface area contributed by atoms with Gasteiger partial charge in [-0.2, -0.15) is 8.78 Å². The minimum absolute atomic E-state index is 0.180. The van der Waals surface area contributed by atoms with E-state index in [0.717, 1.165) is 0 Å². The van der Waals surface area contributed by atoms with E-state index in [4.69, 9.17) is 0 Å². The number of para-hydroxylation sites is 1. The number of halogens is 2. The van der Waals surface area contributed by atoms with Crippen LogP contribution in [0, 0.1) is 0 Å². The molecule has 14 heavy (non-hydrogen) atoms. The Bertz CT molecular complexity index is 301. The smallest absolute Gasteiger partial charge is 0.394 e. The van der Waals surface area contributed by atoms with Gasteiger partial charge >= 0.3 is 6.11 Å². The fraction of sp³-hybridized carbons (Fsp3) is 0.333. The highest BCUT2D eigenvalue weighted by atomic mass is 32.2. The quantitative estimate of drug-likeness (QED) is 0.787. The van der Waals surface area contributed by atoms with Gasteiger partial charge in [-0.1, -0.05) is 12.1 Å². The Hall–Kier alpha value is -0.810. The number of rotatable bonds is 4. The van der Waals surface area contributed by atoms with E-state index >= 15 is 0 Å². The minimum atomic E-state index is -3.15. The highest BCUT2D eigenvalue weighted by Gasteiger charge is 2.24. The summed E-state index contributed by atoms with van der Waals surface area (Å²) in [6.45, 7) is 0.716. The average Bonchev–Trinajstić information content (AvgIpc) is 2.06. The molecule has 0 heterocycles. The van der Waals surface area contributed by atoms with Gasteiger partial charge in [-0.25, -0.2) is 0 Å². The van der Waals surface area contributed by atoms with Crippen molar-refractivity contribution in [2.75, 3.05) is 7.05 Å². The van der Waals surface area contributed by atoms with Crippen LogP contribution in [0.5, 0.6) is 5.75 Å². The van der Waals surface area contributed by atoms with E-state index in [-0.39, 0.29) is 5.75 Å². The average molecular weight is 219 g/mol. The van der Waals surface area contributed by atoms with Crippen molar-refractivity contribution < 1.29 is 13.5 Å². The Labute approximate surface area is 85.8 Å². The summed E-state index contributed by atoms with van der Waals surface area (Å²) in [7, 11) is 1.71. The summed E-state index contributed by atoms with van der Waals surface area (Å²) >= 11 is 1.23. The van der Waals surface area contributed by atoms with E-state index in [1.807, 2.05) is 0 Å². The summed E-state index contributed by atoms with van der Waals surface area (Å²) < 4.78 is 32.4. The summed E-state index contributed by atoms with van der Waals surface area (Å²) in [6.07, 6.45) is -3.15. The number of ether oxygens (including phenoxy) is 1. The lowest BCUT2D eigenvalue weighted by Crippen LogP contribution is -2.19. The summed E-state index contributed by atoms with van der Waals surface area (Å²) in [5, 5.41) is 0. The van der Waals surface area contributed by atoms with Crippen molar-refractivity contribution in [1.82, 2.24) is 4.72 Å². The molecule has 0 atom stereocenters. The molecule has 0 saturated carbocycles. The fourth-order valence-corrected chi connectivity index (χ4v) is 1.50. The van der Waals surface area contributed by atoms with Gasteiger partial charge in [0.15, 0.2) is 0 Å². The van der Waals surface area contributed by atoms with Crippen LogP contribution in [0.4, 0.5) is 8.78 Å². The third kappa shape index (κ3) is 3.51.